The van der Waals surface area contributed by atoms with Crippen LogP contribution in [0.25, 0.3) is 0 Å². The molecule has 0 amide bonds. The van der Waals surface area contributed by atoms with Crippen LogP contribution in [0.4, 0.5) is 5.69 Å². The van der Waals surface area contributed by atoms with Crippen molar-refractivity contribution in [2.24, 2.45) is 0 Å². The molecule has 0 aliphatic carbocycles. The minimum absolute atomic E-state index is 0.00785. The monoisotopic (exact) mass is 294 g/mol. The zero-order chi connectivity index (χ0) is 14.6. The Bertz CT molecular complexity index is 601. The van der Waals surface area contributed by atoms with Crippen LogP contribution in [0.1, 0.15) is 25.5 Å². The molecule has 1 saturated heterocycles. The van der Waals surface area contributed by atoms with Crippen molar-refractivity contribution in [1.82, 2.24) is 9.71 Å². The van der Waals surface area contributed by atoms with Crippen LogP contribution >= 0.6 is 0 Å². The summed E-state index contributed by atoms with van der Waals surface area (Å²) in [7, 11) is -3.13. The molecule has 1 fully saturated rings. The van der Waals surface area contributed by atoms with Gasteiger partial charge in [0.1, 0.15) is 11.8 Å². The summed E-state index contributed by atoms with van der Waals surface area (Å²) in [5.74, 6) is 0.114. The molecule has 1 N–H and O–H groups in total. The highest BCUT2D eigenvalue weighted by Gasteiger charge is 2.22. The fourth-order valence-electron chi connectivity index (χ4n) is 2.27. The maximum absolute atomic E-state index is 11.5. The van der Waals surface area contributed by atoms with Crippen molar-refractivity contribution in [2.45, 2.75) is 25.8 Å². The van der Waals surface area contributed by atoms with E-state index in [1.165, 1.54) is 0 Å². The molecule has 0 bridgehead atoms. The SMILES string of the molecule is CCS(=O)(=O)NC1CCN(c2ccnc(C#N)c2)CC1. The van der Waals surface area contributed by atoms with Crippen molar-refractivity contribution in [3.63, 3.8) is 0 Å². The van der Waals surface area contributed by atoms with Crippen LogP contribution in [-0.2, 0) is 10.0 Å². The number of nitrogens with zero attached hydrogens (tertiary/aromatic N) is 3. The summed E-state index contributed by atoms with van der Waals surface area (Å²) < 4.78 is 25.8. The molecule has 2 rings (SSSR count). The third kappa shape index (κ3) is 3.68. The van der Waals surface area contributed by atoms with Gasteiger partial charge >= 0.3 is 0 Å². The number of aromatic nitrogens is 1. The van der Waals surface area contributed by atoms with Gasteiger partial charge in [-0.2, -0.15) is 5.26 Å². The van der Waals surface area contributed by atoms with E-state index in [-0.39, 0.29) is 11.8 Å². The van der Waals surface area contributed by atoms with Crippen molar-refractivity contribution in [3.8, 4) is 6.07 Å². The van der Waals surface area contributed by atoms with Crippen LogP contribution in [0.2, 0.25) is 0 Å². The molecule has 108 valence electrons. The molecule has 20 heavy (non-hydrogen) atoms. The summed E-state index contributed by atoms with van der Waals surface area (Å²) in [5.41, 5.74) is 1.37. The van der Waals surface area contributed by atoms with Gasteiger partial charge in [0.2, 0.25) is 10.0 Å². The molecule has 7 heteroatoms. The van der Waals surface area contributed by atoms with Crippen LogP contribution in [0.15, 0.2) is 18.3 Å². The van der Waals surface area contributed by atoms with E-state index in [0.717, 1.165) is 31.6 Å². The predicted molar refractivity (Wildman–Crippen MR) is 76.8 cm³/mol. The molecule has 0 aromatic carbocycles. The van der Waals surface area contributed by atoms with Gasteiger partial charge in [-0.25, -0.2) is 18.1 Å². The first-order valence-electron chi connectivity index (χ1n) is 6.65. The van der Waals surface area contributed by atoms with Crippen molar-refractivity contribution < 1.29 is 8.42 Å². The van der Waals surface area contributed by atoms with E-state index < -0.39 is 10.0 Å². The standard InChI is InChI=1S/C13H18N4O2S/c1-2-20(18,19)16-11-4-7-17(8-5-11)13-3-6-15-12(9-13)10-14/h3,6,9,11,16H,2,4-5,7-8H2,1H3. The third-order valence-corrected chi connectivity index (χ3v) is 4.90. The Kier molecular flexibility index (Phi) is 4.57. The lowest BCUT2D eigenvalue weighted by molar-refractivity contribution is 0.460. The molecular formula is C13H18N4O2S. The van der Waals surface area contributed by atoms with E-state index in [0.29, 0.717) is 5.69 Å². The lowest BCUT2D eigenvalue weighted by Crippen LogP contribution is -2.45. The Hall–Kier alpha value is -1.65. The molecular weight excluding hydrogens is 276 g/mol. The zero-order valence-electron chi connectivity index (χ0n) is 11.4. The molecule has 0 radical (unpaired) electrons. The van der Waals surface area contributed by atoms with Crippen molar-refractivity contribution in [3.05, 3.63) is 24.0 Å². The molecule has 2 heterocycles. The maximum Gasteiger partial charge on any atom is 0.211 e. The third-order valence-electron chi connectivity index (χ3n) is 3.44. The number of pyridine rings is 1. The smallest absolute Gasteiger partial charge is 0.211 e. The number of nitriles is 1. The van der Waals surface area contributed by atoms with Gasteiger partial charge in [-0.1, -0.05) is 0 Å². The van der Waals surface area contributed by atoms with Crippen LogP contribution < -0.4 is 9.62 Å². The minimum atomic E-state index is -3.13. The van der Waals surface area contributed by atoms with Gasteiger partial charge in [-0.05, 0) is 31.9 Å². The number of piperidine rings is 1. The van der Waals surface area contributed by atoms with E-state index in [4.69, 9.17) is 5.26 Å². The number of rotatable bonds is 4. The highest BCUT2D eigenvalue weighted by molar-refractivity contribution is 7.89. The molecule has 1 aliphatic heterocycles. The normalized spacial score (nSPS) is 16.9. The average Bonchev–Trinajstić information content (AvgIpc) is 2.48. The average molecular weight is 294 g/mol. The topological polar surface area (TPSA) is 86.1 Å². The maximum atomic E-state index is 11.5. The molecule has 0 atom stereocenters. The summed E-state index contributed by atoms with van der Waals surface area (Å²) in [6.07, 6.45) is 3.16. The quantitative estimate of drug-likeness (QED) is 0.890. The highest BCUT2D eigenvalue weighted by atomic mass is 32.2. The van der Waals surface area contributed by atoms with E-state index in [9.17, 15) is 8.42 Å². The largest absolute Gasteiger partial charge is 0.371 e. The lowest BCUT2D eigenvalue weighted by Gasteiger charge is -2.33. The summed E-state index contributed by atoms with van der Waals surface area (Å²) in [4.78, 5) is 6.10. The summed E-state index contributed by atoms with van der Waals surface area (Å²) in [5, 5.41) is 8.85. The van der Waals surface area contributed by atoms with Gasteiger partial charge in [0.05, 0.1) is 5.75 Å². The molecule has 1 aliphatic rings. The number of hydrogen-bond donors (Lipinski definition) is 1. The van der Waals surface area contributed by atoms with Crippen molar-refractivity contribution in [2.75, 3.05) is 23.7 Å². The van der Waals surface area contributed by atoms with E-state index >= 15 is 0 Å². The zero-order valence-corrected chi connectivity index (χ0v) is 12.2. The van der Waals surface area contributed by atoms with Crippen LogP contribution in [-0.4, -0.2) is 38.3 Å². The number of sulfonamides is 1. The first kappa shape index (κ1) is 14.8. The second-order valence-electron chi connectivity index (χ2n) is 4.79. The van der Waals surface area contributed by atoms with Gasteiger partial charge in [0.25, 0.3) is 0 Å². The molecule has 0 saturated carbocycles. The second kappa shape index (κ2) is 6.20. The highest BCUT2D eigenvalue weighted by Crippen LogP contribution is 2.20. The predicted octanol–water partition coefficient (Wildman–Crippen LogP) is 0.861. The minimum Gasteiger partial charge on any atom is -0.371 e. The first-order chi connectivity index (χ1) is 9.54. The Morgan fingerprint density at radius 3 is 2.80 bits per heavy atom. The lowest BCUT2D eigenvalue weighted by atomic mass is 10.1. The Labute approximate surface area is 119 Å². The summed E-state index contributed by atoms with van der Waals surface area (Å²) in [6.45, 7) is 3.18. The van der Waals surface area contributed by atoms with Gasteiger partial charge in [0.15, 0.2) is 0 Å². The molecule has 0 unspecified atom stereocenters. The Morgan fingerprint density at radius 2 is 2.20 bits per heavy atom. The number of hydrogen-bond acceptors (Lipinski definition) is 5. The summed E-state index contributed by atoms with van der Waals surface area (Å²) in [6, 6.07) is 5.67. The number of nitrogens with one attached hydrogen (secondary N) is 1. The fourth-order valence-corrected chi connectivity index (χ4v) is 3.18. The van der Waals surface area contributed by atoms with Crippen LogP contribution in [0, 0.1) is 11.3 Å². The molecule has 1 aromatic rings. The molecule has 0 spiro atoms. The van der Waals surface area contributed by atoms with Crippen molar-refractivity contribution in [1.29, 1.82) is 5.26 Å². The molecule has 6 nitrogen and oxygen atoms in total. The van der Waals surface area contributed by atoms with Gasteiger partial charge in [-0.3, -0.25) is 0 Å². The van der Waals surface area contributed by atoms with Crippen LogP contribution in [0.3, 0.4) is 0 Å². The summed E-state index contributed by atoms with van der Waals surface area (Å²) >= 11 is 0. The fraction of sp³-hybridized carbons (Fsp3) is 0.538. The Balaban J connectivity index is 1.96. The Morgan fingerprint density at radius 1 is 1.50 bits per heavy atom. The van der Waals surface area contributed by atoms with E-state index in [1.807, 2.05) is 12.1 Å². The second-order valence-corrected chi connectivity index (χ2v) is 6.84. The van der Waals surface area contributed by atoms with Gasteiger partial charge in [-0.15, -0.1) is 0 Å². The van der Waals surface area contributed by atoms with E-state index in [2.05, 4.69) is 14.6 Å². The van der Waals surface area contributed by atoms with Gasteiger partial charge < -0.3 is 4.90 Å². The number of anilines is 1. The first-order valence-corrected chi connectivity index (χ1v) is 8.30. The van der Waals surface area contributed by atoms with Gasteiger partial charge in [0, 0.05) is 31.0 Å². The van der Waals surface area contributed by atoms with Crippen molar-refractivity contribution >= 4 is 15.7 Å². The molecule has 1 aromatic heterocycles. The van der Waals surface area contributed by atoms with Crippen LogP contribution in [0.5, 0.6) is 0 Å². The van der Waals surface area contributed by atoms with E-state index in [1.54, 1.807) is 19.2 Å².